The molecule has 5 N–H and O–H groups in total. The summed E-state index contributed by atoms with van der Waals surface area (Å²) in [5.41, 5.74) is 4.74. The van der Waals surface area contributed by atoms with E-state index in [9.17, 15) is 24.0 Å². The SMILES string of the molecule is CC(C)(C)NC(=O)NC(C(=O)N1CC2C(C1C(=O)NC(CC1CCC1)C(=O)C(N)=O)C2(C)C)C1CCCCC1. The Hall–Kier alpha value is -2.65. The van der Waals surface area contributed by atoms with Crippen molar-refractivity contribution in [3.8, 4) is 0 Å². The smallest absolute Gasteiger partial charge is 0.315 e. The van der Waals surface area contributed by atoms with Gasteiger partial charge in [0.15, 0.2) is 0 Å². The fourth-order valence-electron chi connectivity index (χ4n) is 7.08. The van der Waals surface area contributed by atoms with Gasteiger partial charge >= 0.3 is 6.03 Å². The molecule has 10 nitrogen and oxygen atoms in total. The number of fused-ring (bicyclic) bond motifs is 1. The number of amides is 5. The predicted molar refractivity (Wildman–Crippen MR) is 146 cm³/mol. The van der Waals surface area contributed by atoms with E-state index in [4.69, 9.17) is 5.73 Å². The third kappa shape index (κ3) is 6.40. The summed E-state index contributed by atoms with van der Waals surface area (Å²) in [6.45, 7) is 10.3. The molecule has 218 valence electrons. The molecule has 5 amide bonds. The van der Waals surface area contributed by atoms with E-state index in [0.717, 1.165) is 51.4 Å². The summed E-state index contributed by atoms with van der Waals surface area (Å²) in [6, 6.07) is -2.88. The lowest BCUT2D eigenvalue weighted by atomic mass is 9.80. The molecular formula is C29H47N5O5. The van der Waals surface area contributed by atoms with Gasteiger partial charge in [0.2, 0.25) is 17.6 Å². The molecule has 0 aromatic carbocycles. The topological polar surface area (TPSA) is 151 Å². The van der Waals surface area contributed by atoms with Crippen LogP contribution in [0, 0.1) is 29.1 Å². The van der Waals surface area contributed by atoms with E-state index in [1.807, 2.05) is 20.8 Å². The van der Waals surface area contributed by atoms with Gasteiger partial charge in [-0.25, -0.2) is 4.79 Å². The van der Waals surface area contributed by atoms with Crippen molar-refractivity contribution >= 4 is 29.5 Å². The molecule has 0 bridgehead atoms. The highest BCUT2D eigenvalue weighted by atomic mass is 16.2. The summed E-state index contributed by atoms with van der Waals surface area (Å²) in [4.78, 5) is 66.9. The van der Waals surface area contributed by atoms with Gasteiger partial charge in [-0.2, -0.15) is 0 Å². The summed E-state index contributed by atoms with van der Waals surface area (Å²) in [5.74, 6) is -2.14. The van der Waals surface area contributed by atoms with Gasteiger partial charge in [-0.1, -0.05) is 52.4 Å². The Morgan fingerprint density at radius 2 is 1.59 bits per heavy atom. The molecule has 4 fully saturated rings. The Kier molecular flexibility index (Phi) is 8.34. The molecule has 1 saturated heterocycles. The van der Waals surface area contributed by atoms with E-state index in [1.54, 1.807) is 4.90 Å². The van der Waals surface area contributed by atoms with Gasteiger partial charge < -0.3 is 26.6 Å². The van der Waals surface area contributed by atoms with Crippen LogP contribution in [0.4, 0.5) is 4.79 Å². The maximum atomic E-state index is 14.2. The Bertz CT molecular complexity index is 995. The molecule has 3 aliphatic carbocycles. The Morgan fingerprint density at radius 3 is 2.13 bits per heavy atom. The van der Waals surface area contributed by atoms with Crippen LogP contribution in [0.2, 0.25) is 0 Å². The van der Waals surface area contributed by atoms with Crippen molar-refractivity contribution in [2.75, 3.05) is 6.54 Å². The van der Waals surface area contributed by atoms with Crippen LogP contribution < -0.4 is 21.7 Å². The van der Waals surface area contributed by atoms with E-state index in [0.29, 0.717) is 13.0 Å². The van der Waals surface area contributed by atoms with Crippen molar-refractivity contribution in [2.24, 2.45) is 34.8 Å². The van der Waals surface area contributed by atoms with Gasteiger partial charge in [-0.05, 0) is 69.1 Å². The molecule has 4 rings (SSSR count). The van der Waals surface area contributed by atoms with Crippen molar-refractivity contribution < 1.29 is 24.0 Å². The number of urea groups is 1. The Labute approximate surface area is 231 Å². The van der Waals surface area contributed by atoms with E-state index in [1.165, 1.54) is 0 Å². The molecule has 5 atom stereocenters. The number of Topliss-reactive ketones (excluding diaryl/α,β-unsaturated/α-hetero) is 1. The second-order valence-electron chi connectivity index (χ2n) is 13.9. The van der Waals surface area contributed by atoms with E-state index in [2.05, 4.69) is 29.8 Å². The maximum absolute atomic E-state index is 14.2. The van der Waals surface area contributed by atoms with E-state index in [-0.39, 0.29) is 35.0 Å². The average molecular weight is 546 g/mol. The number of piperidine rings is 1. The number of likely N-dealkylation sites (tertiary alicyclic amines) is 1. The molecule has 1 heterocycles. The number of hydrogen-bond acceptors (Lipinski definition) is 5. The minimum Gasteiger partial charge on any atom is -0.363 e. The number of primary amides is 1. The molecule has 4 aliphatic rings. The summed E-state index contributed by atoms with van der Waals surface area (Å²) in [5, 5.41) is 8.68. The van der Waals surface area contributed by atoms with Crippen molar-refractivity contribution in [3.63, 3.8) is 0 Å². The van der Waals surface area contributed by atoms with Crippen LogP contribution >= 0.6 is 0 Å². The Morgan fingerprint density at radius 1 is 0.949 bits per heavy atom. The van der Waals surface area contributed by atoms with Crippen LogP contribution in [0.5, 0.6) is 0 Å². The zero-order valence-corrected chi connectivity index (χ0v) is 24.2. The molecule has 1 aliphatic heterocycles. The van der Waals surface area contributed by atoms with Crippen LogP contribution in [0.1, 0.15) is 92.4 Å². The number of carbonyl (C=O) groups is 5. The number of hydrogen-bond donors (Lipinski definition) is 4. The largest absolute Gasteiger partial charge is 0.363 e. The van der Waals surface area contributed by atoms with Gasteiger partial charge in [0.05, 0.1) is 6.04 Å². The third-order valence-electron chi connectivity index (χ3n) is 9.59. The molecule has 39 heavy (non-hydrogen) atoms. The maximum Gasteiger partial charge on any atom is 0.315 e. The predicted octanol–water partition coefficient (Wildman–Crippen LogP) is 2.25. The lowest BCUT2D eigenvalue weighted by Crippen LogP contribution is -2.61. The highest BCUT2D eigenvalue weighted by Gasteiger charge is 2.69. The highest BCUT2D eigenvalue weighted by Crippen LogP contribution is 2.65. The molecule has 3 saturated carbocycles. The quantitative estimate of drug-likeness (QED) is 0.328. The highest BCUT2D eigenvalue weighted by molar-refractivity contribution is 6.37. The minimum absolute atomic E-state index is 0.00609. The zero-order chi connectivity index (χ0) is 28.7. The number of carbonyl (C=O) groups excluding carboxylic acids is 5. The second kappa shape index (κ2) is 11.1. The number of nitrogens with two attached hydrogens (primary N) is 1. The summed E-state index contributed by atoms with van der Waals surface area (Å²) in [7, 11) is 0. The summed E-state index contributed by atoms with van der Waals surface area (Å²) < 4.78 is 0. The Balaban J connectivity index is 1.55. The zero-order valence-electron chi connectivity index (χ0n) is 24.2. The van der Waals surface area contributed by atoms with Crippen LogP contribution in [-0.4, -0.2) is 64.6 Å². The van der Waals surface area contributed by atoms with Crippen molar-refractivity contribution in [3.05, 3.63) is 0 Å². The number of nitrogens with zero attached hydrogens (tertiary/aromatic N) is 1. The summed E-state index contributed by atoms with van der Waals surface area (Å²) in [6.07, 6.45) is 8.13. The first-order chi connectivity index (χ1) is 18.2. The molecule has 5 unspecified atom stereocenters. The van der Waals surface area contributed by atoms with Gasteiger partial charge in [-0.15, -0.1) is 0 Å². The first-order valence-electron chi connectivity index (χ1n) is 14.7. The van der Waals surface area contributed by atoms with Crippen LogP contribution in [0.25, 0.3) is 0 Å². The fraction of sp³-hybridized carbons (Fsp3) is 0.828. The molecule has 0 aromatic rings. The van der Waals surface area contributed by atoms with Gasteiger partial charge in [0.1, 0.15) is 12.1 Å². The van der Waals surface area contributed by atoms with Gasteiger partial charge in [-0.3, -0.25) is 19.2 Å². The van der Waals surface area contributed by atoms with Gasteiger partial charge in [0, 0.05) is 12.1 Å². The average Bonchev–Trinajstić information content (AvgIpc) is 3.15. The minimum atomic E-state index is -1.06. The number of ketones is 1. The van der Waals surface area contributed by atoms with Crippen molar-refractivity contribution in [1.29, 1.82) is 0 Å². The first kappa shape index (κ1) is 29.3. The molecule has 0 aromatic heterocycles. The third-order valence-corrected chi connectivity index (χ3v) is 9.59. The first-order valence-corrected chi connectivity index (χ1v) is 14.7. The lowest BCUT2D eigenvalue weighted by Gasteiger charge is -2.37. The van der Waals surface area contributed by atoms with Crippen LogP contribution in [-0.2, 0) is 19.2 Å². The molecular weight excluding hydrogens is 498 g/mol. The van der Waals surface area contributed by atoms with Crippen molar-refractivity contribution in [2.45, 2.75) is 116 Å². The number of nitrogens with one attached hydrogen (secondary N) is 3. The van der Waals surface area contributed by atoms with Gasteiger partial charge in [0.25, 0.3) is 5.91 Å². The molecule has 0 spiro atoms. The normalized spacial score (nSPS) is 27.9. The van der Waals surface area contributed by atoms with E-state index < -0.39 is 47.3 Å². The van der Waals surface area contributed by atoms with Crippen LogP contribution in [0.15, 0.2) is 0 Å². The summed E-state index contributed by atoms with van der Waals surface area (Å²) >= 11 is 0. The fourth-order valence-corrected chi connectivity index (χ4v) is 7.08. The monoisotopic (exact) mass is 545 g/mol. The second-order valence-corrected chi connectivity index (χ2v) is 13.9. The number of rotatable bonds is 9. The molecule has 0 radical (unpaired) electrons. The van der Waals surface area contributed by atoms with E-state index >= 15 is 0 Å². The lowest BCUT2D eigenvalue weighted by molar-refractivity contribution is -0.144. The molecule has 10 heteroatoms. The van der Waals surface area contributed by atoms with Crippen LogP contribution in [0.3, 0.4) is 0 Å². The standard InChI is InChI=1S/C29H47N5O5/c1-28(2,3)33-27(39)32-21(17-12-7-6-8-13-17)26(38)34-15-18-20(29(18,4)5)22(34)25(37)31-19(23(35)24(30)36)14-16-10-9-11-16/h16-22H,6-15H2,1-5H3,(H2,30,36)(H,31,37)(H2,32,33,39). The van der Waals surface area contributed by atoms with Crippen molar-refractivity contribution in [1.82, 2.24) is 20.9 Å².